The Kier molecular flexibility index (Phi) is 8.62. The molecule has 6 aromatic carbocycles. The van der Waals surface area contributed by atoms with E-state index in [0.717, 1.165) is 11.4 Å². The highest BCUT2D eigenvalue weighted by Crippen LogP contribution is 2.53. The molecule has 0 radical (unpaired) electrons. The number of hydrogen-bond acceptors (Lipinski definition) is 2. The summed E-state index contributed by atoms with van der Waals surface area (Å²) in [6, 6.07) is 50.7. The predicted molar refractivity (Wildman–Crippen MR) is 223 cm³/mol. The maximum Gasteiger partial charge on any atom is 0.309 e. The first-order valence-electron chi connectivity index (χ1n) is 19.3. The van der Waals surface area contributed by atoms with E-state index in [1.807, 2.05) is 0 Å². The largest absolute Gasteiger partial charge is 0.481 e. The first-order valence-corrected chi connectivity index (χ1v) is 19.3. The minimum Gasteiger partial charge on any atom is -0.481 e. The Morgan fingerprint density at radius 1 is 0.778 bits per heavy atom. The lowest BCUT2D eigenvalue weighted by molar-refractivity contribution is -0.436. The van der Waals surface area contributed by atoms with E-state index in [1.165, 1.54) is 80.4 Å². The fraction of sp³-hybridized carbons (Fsp3) is 0.200. The molecule has 4 heteroatoms. The van der Waals surface area contributed by atoms with Crippen LogP contribution in [0.15, 0.2) is 146 Å². The van der Waals surface area contributed by atoms with E-state index in [9.17, 15) is 9.90 Å². The summed E-state index contributed by atoms with van der Waals surface area (Å²) in [6.45, 7) is 4.97. The molecule has 0 saturated heterocycles. The fourth-order valence-electron chi connectivity index (χ4n) is 9.44. The molecule has 0 spiro atoms. The third-order valence-corrected chi connectivity index (χ3v) is 11.9. The number of nitrogens with zero attached hydrogens (tertiary/aromatic N) is 2. The topological polar surface area (TPSA) is 43.5 Å². The minimum absolute atomic E-state index is 0.0793. The van der Waals surface area contributed by atoms with Crippen molar-refractivity contribution in [1.29, 1.82) is 0 Å². The second-order valence-corrected chi connectivity index (χ2v) is 15.5. The molecule has 2 heterocycles. The zero-order valence-electron chi connectivity index (χ0n) is 31.0. The summed E-state index contributed by atoms with van der Waals surface area (Å²) in [5.41, 5.74) is 13.2. The van der Waals surface area contributed by atoms with Crippen molar-refractivity contribution in [2.24, 2.45) is 0 Å². The van der Waals surface area contributed by atoms with E-state index >= 15 is 0 Å². The predicted octanol–water partition coefficient (Wildman–Crippen LogP) is 11.8. The minimum atomic E-state index is -0.783. The van der Waals surface area contributed by atoms with E-state index < -0.39 is 5.97 Å². The van der Waals surface area contributed by atoms with Crippen LogP contribution in [0.1, 0.15) is 78.8 Å². The molecule has 2 atom stereocenters. The summed E-state index contributed by atoms with van der Waals surface area (Å²) >= 11 is 0. The van der Waals surface area contributed by atoms with Gasteiger partial charge in [0.2, 0.25) is 5.69 Å². The second-order valence-electron chi connectivity index (χ2n) is 15.5. The molecule has 0 amide bonds. The van der Waals surface area contributed by atoms with Gasteiger partial charge in [0.15, 0.2) is 12.3 Å². The molecule has 1 saturated carbocycles. The van der Waals surface area contributed by atoms with Crippen LogP contribution < -0.4 is 4.90 Å². The molecule has 1 fully saturated rings. The van der Waals surface area contributed by atoms with Gasteiger partial charge < -0.3 is 10.0 Å². The van der Waals surface area contributed by atoms with Gasteiger partial charge >= 0.3 is 5.97 Å². The second kappa shape index (κ2) is 13.8. The molecule has 0 bridgehead atoms. The SMILES string of the molecule is CC1(C)C(/C=C/c2ccc3c(c2)C2CCCC2N3c2ccc(C=C(c3ccccc3)c3ccccc3)cc2)=[N+](CCC(=O)O)c2ccc3ccccc3c21. The molecular formula is C50H45N2O2+. The van der Waals surface area contributed by atoms with E-state index in [2.05, 4.69) is 181 Å². The molecule has 1 N–H and O–H groups in total. The number of hydrogen-bond donors (Lipinski definition) is 1. The van der Waals surface area contributed by atoms with Crippen molar-refractivity contribution in [2.75, 3.05) is 11.4 Å². The zero-order valence-corrected chi connectivity index (χ0v) is 31.0. The van der Waals surface area contributed by atoms with Gasteiger partial charge in [-0.3, -0.25) is 4.79 Å². The molecule has 9 rings (SSSR count). The maximum atomic E-state index is 11.8. The molecule has 2 aliphatic heterocycles. The lowest BCUT2D eigenvalue weighted by Crippen LogP contribution is -2.28. The van der Waals surface area contributed by atoms with Gasteiger partial charge in [-0.1, -0.05) is 110 Å². The third kappa shape index (κ3) is 5.96. The van der Waals surface area contributed by atoms with Crippen molar-refractivity contribution in [3.63, 3.8) is 0 Å². The van der Waals surface area contributed by atoms with Crippen LogP contribution in [0.5, 0.6) is 0 Å². The molecular weight excluding hydrogens is 661 g/mol. The van der Waals surface area contributed by atoms with E-state index in [0.29, 0.717) is 18.5 Å². The van der Waals surface area contributed by atoms with Gasteiger partial charge in [0.1, 0.15) is 6.42 Å². The van der Waals surface area contributed by atoms with Crippen molar-refractivity contribution in [3.05, 3.63) is 179 Å². The van der Waals surface area contributed by atoms with Crippen LogP contribution in [0.25, 0.3) is 28.5 Å². The highest BCUT2D eigenvalue weighted by Gasteiger charge is 2.46. The number of anilines is 2. The first-order chi connectivity index (χ1) is 26.4. The summed E-state index contributed by atoms with van der Waals surface area (Å²) < 4.78 is 2.23. The van der Waals surface area contributed by atoms with Crippen molar-refractivity contribution >= 4 is 57.2 Å². The van der Waals surface area contributed by atoms with Gasteiger partial charge in [-0.15, -0.1) is 0 Å². The van der Waals surface area contributed by atoms with Crippen LogP contribution in [-0.2, 0) is 10.2 Å². The van der Waals surface area contributed by atoms with Gasteiger partial charge in [-0.2, -0.15) is 4.58 Å². The van der Waals surface area contributed by atoms with E-state index in [4.69, 9.17) is 0 Å². The zero-order chi connectivity index (χ0) is 36.8. The smallest absolute Gasteiger partial charge is 0.309 e. The Labute approximate surface area is 318 Å². The van der Waals surface area contributed by atoms with Crippen LogP contribution in [0.3, 0.4) is 0 Å². The van der Waals surface area contributed by atoms with Crippen molar-refractivity contribution in [2.45, 2.75) is 56.9 Å². The van der Waals surface area contributed by atoms with Crippen LogP contribution in [0, 0.1) is 0 Å². The highest BCUT2D eigenvalue weighted by molar-refractivity contribution is 6.09. The number of carbonyl (C=O) groups is 1. The van der Waals surface area contributed by atoms with Gasteiger partial charge in [-0.05, 0) is 113 Å². The molecule has 6 aromatic rings. The molecule has 2 unspecified atom stereocenters. The lowest BCUT2D eigenvalue weighted by atomic mass is 9.79. The van der Waals surface area contributed by atoms with Crippen LogP contribution in [-0.4, -0.2) is 33.9 Å². The molecule has 0 aromatic heterocycles. The number of rotatable bonds is 9. The average molecular weight is 706 g/mol. The summed E-state index contributed by atoms with van der Waals surface area (Å²) in [5.74, 6) is -0.274. The maximum absolute atomic E-state index is 11.8. The highest BCUT2D eigenvalue weighted by atomic mass is 16.4. The number of carboxylic acids is 1. The quantitative estimate of drug-likeness (QED) is 0.120. The fourth-order valence-corrected chi connectivity index (χ4v) is 9.44. The Hall–Kier alpha value is -6.00. The molecule has 1 aliphatic carbocycles. The number of carboxylic acid groups (broad SMARTS) is 1. The number of allylic oxidation sites excluding steroid dienone is 1. The molecule has 4 nitrogen and oxygen atoms in total. The van der Waals surface area contributed by atoms with Crippen LogP contribution in [0.4, 0.5) is 17.1 Å². The van der Waals surface area contributed by atoms with E-state index in [1.54, 1.807) is 0 Å². The first kappa shape index (κ1) is 33.8. The van der Waals surface area contributed by atoms with Crippen molar-refractivity contribution in [3.8, 4) is 0 Å². The number of benzene rings is 6. The van der Waals surface area contributed by atoms with Crippen LogP contribution in [0.2, 0.25) is 0 Å². The average Bonchev–Trinajstić information content (AvgIpc) is 3.86. The summed E-state index contributed by atoms with van der Waals surface area (Å²) in [5, 5.41) is 12.1. The van der Waals surface area contributed by atoms with Crippen molar-refractivity contribution in [1.82, 2.24) is 0 Å². The number of aliphatic carboxylic acids is 1. The molecule has 54 heavy (non-hydrogen) atoms. The Balaban J connectivity index is 1.04. The standard InChI is InChI=1S/C50H44N2O2/c1-50(2)47(51(31-30-48(53)54)46-28-24-38-16-9-10-17-40(38)49(46)50)29-23-35-22-27-45-43(33-35)41-18-11-19-44(41)52(45)39-25-20-34(21-26-39)32-42(36-12-5-3-6-13-36)37-14-7-4-8-15-37/h3-10,12-17,20-29,32-33,41,44H,11,18-19,30-31H2,1-2H3/p+1. The lowest BCUT2D eigenvalue weighted by Gasteiger charge is -2.27. The van der Waals surface area contributed by atoms with Crippen LogP contribution >= 0.6 is 0 Å². The normalized spacial score (nSPS) is 18.2. The third-order valence-electron chi connectivity index (χ3n) is 11.9. The van der Waals surface area contributed by atoms with Gasteiger partial charge in [0.25, 0.3) is 0 Å². The van der Waals surface area contributed by atoms with E-state index in [-0.39, 0.29) is 11.8 Å². The van der Waals surface area contributed by atoms with Gasteiger partial charge in [-0.25, -0.2) is 0 Å². The Morgan fingerprint density at radius 2 is 1.46 bits per heavy atom. The summed E-state index contributed by atoms with van der Waals surface area (Å²) in [6.07, 6.45) is 10.5. The molecule has 266 valence electrons. The van der Waals surface area contributed by atoms with Crippen molar-refractivity contribution < 1.29 is 14.5 Å². The molecule has 3 aliphatic rings. The summed E-state index contributed by atoms with van der Waals surface area (Å²) in [7, 11) is 0. The Bertz CT molecular complexity index is 2430. The van der Waals surface area contributed by atoms with Gasteiger partial charge in [0, 0.05) is 41.0 Å². The summed E-state index contributed by atoms with van der Waals surface area (Å²) in [4.78, 5) is 14.4. The number of fused-ring (bicyclic) bond motifs is 6. The van der Waals surface area contributed by atoms with Gasteiger partial charge in [0.05, 0.1) is 5.41 Å². The monoisotopic (exact) mass is 705 g/mol. The Morgan fingerprint density at radius 3 is 2.19 bits per heavy atom.